The first-order chi connectivity index (χ1) is 7.11. The minimum atomic E-state index is -1.50. The summed E-state index contributed by atoms with van der Waals surface area (Å²) in [6.45, 7) is 0. The summed E-state index contributed by atoms with van der Waals surface area (Å²) < 4.78 is 9.84. The molecule has 6 nitrogen and oxygen atoms in total. The Morgan fingerprint density at radius 3 is 2.60 bits per heavy atom. The lowest BCUT2D eigenvalue weighted by atomic mass is 10.2. The maximum absolute atomic E-state index is 11.2. The van der Waals surface area contributed by atoms with Crippen LogP contribution in [0.1, 0.15) is 11.8 Å². The molecule has 0 saturated heterocycles. The first kappa shape index (κ1) is 11.3. The highest BCUT2D eigenvalue weighted by Gasteiger charge is 2.23. The van der Waals surface area contributed by atoms with E-state index in [9.17, 15) is 14.7 Å². The van der Waals surface area contributed by atoms with Gasteiger partial charge in [0, 0.05) is 6.20 Å². The van der Waals surface area contributed by atoms with Crippen LogP contribution in [-0.4, -0.2) is 36.0 Å². The Bertz CT molecular complexity index is 370. The van der Waals surface area contributed by atoms with Crippen molar-refractivity contribution in [2.45, 2.75) is 6.10 Å². The average molecular weight is 213 g/mol. The minimum Gasteiger partial charge on any atom is -0.467 e. The molecule has 0 saturated carbocycles. The molecule has 82 valence electrons. The largest absolute Gasteiger partial charge is 0.467 e. The van der Waals surface area contributed by atoms with Gasteiger partial charge in [0.05, 0.1) is 19.9 Å². The molecule has 0 aliphatic heterocycles. The second-order valence-electron chi connectivity index (χ2n) is 2.70. The molecule has 6 heteroatoms. The Morgan fingerprint density at radius 1 is 1.40 bits per heavy atom. The number of aliphatic hydroxyl groups excluding tert-OH is 1. The summed E-state index contributed by atoms with van der Waals surface area (Å²) in [5.41, 5.74) is 0.105. The van der Waals surface area contributed by atoms with Gasteiger partial charge < -0.3 is 14.6 Å². The van der Waals surface area contributed by atoms with Gasteiger partial charge in [0.2, 0.25) is 0 Å². The van der Waals surface area contributed by atoms with Crippen LogP contribution >= 0.6 is 0 Å². The van der Waals surface area contributed by atoms with Crippen molar-refractivity contribution in [2.24, 2.45) is 0 Å². The highest BCUT2D eigenvalue weighted by molar-refractivity contribution is 5.78. The van der Waals surface area contributed by atoms with E-state index in [0.717, 1.165) is 11.7 Å². The number of carbonyl (C=O) groups is 2. The molecule has 0 amide bonds. The molecule has 0 radical (unpaired) electrons. The van der Waals surface area contributed by atoms with Gasteiger partial charge in [-0.05, 0) is 12.1 Å². The second kappa shape index (κ2) is 4.61. The lowest BCUT2D eigenvalue weighted by Gasteiger charge is -2.10. The van der Waals surface area contributed by atoms with Crippen LogP contribution in [0.2, 0.25) is 0 Å². The summed E-state index contributed by atoms with van der Waals surface area (Å²) in [7, 11) is 2.35. The quantitative estimate of drug-likeness (QED) is 0.715. The maximum atomic E-state index is 11.2. The van der Waals surface area contributed by atoms with Crippen LogP contribution in [0.4, 0.5) is 4.79 Å². The maximum Gasteiger partial charge on any atom is 0.418 e. The Kier molecular flexibility index (Phi) is 3.46. The number of methoxy groups -OCH3 is 2. The first-order valence-corrected chi connectivity index (χ1v) is 4.13. The molecule has 0 fully saturated rings. The third-order valence-corrected chi connectivity index (χ3v) is 1.86. The number of hydrogen-bond acceptors (Lipinski definition) is 5. The number of aromatic nitrogens is 1. The van der Waals surface area contributed by atoms with E-state index < -0.39 is 18.2 Å². The van der Waals surface area contributed by atoms with E-state index in [1.165, 1.54) is 25.4 Å². The van der Waals surface area contributed by atoms with Gasteiger partial charge in [-0.25, -0.2) is 9.59 Å². The lowest BCUT2D eigenvalue weighted by molar-refractivity contribution is -0.151. The molecule has 1 atom stereocenters. The molecular weight excluding hydrogens is 202 g/mol. The van der Waals surface area contributed by atoms with Crippen molar-refractivity contribution in [2.75, 3.05) is 14.2 Å². The highest BCUT2D eigenvalue weighted by atomic mass is 16.5. The van der Waals surface area contributed by atoms with Crippen LogP contribution in [-0.2, 0) is 14.3 Å². The van der Waals surface area contributed by atoms with Crippen LogP contribution in [0, 0.1) is 0 Å². The molecule has 1 heterocycles. The molecule has 0 aromatic carbocycles. The van der Waals surface area contributed by atoms with E-state index in [-0.39, 0.29) is 5.69 Å². The van der Waals surface area contributed by atoms with Gasteiger partial charge in [0.15, 0.2) is 6.10 Å². The van der Waals surface area contributed by atoms with Gasteiger partial charge in [-0.2, -0.15) is 0 Å². The van der Waals surface area contributed by atoms with E-state index in [1.807, 2.05) is 0 Å². The monoisotopic (exact) mass is 213 g/mol. The van der Waals surface area contributed by atoms with Crippen LogP contribution < -0.4 is 0 Å². The van der Waals surface area contributed by atoms with Crippen molar-refractivity contribution in [1.82, 2.24) is 4.57 Å². The zero-order valence-electron chi connectivity index (χ0n) is 8.34. The number of esters is 1. The van der Waals surface area contributed by atoms with Gasteiger partial charge in [0.1, 0.15) is 0 Å². The van der Waals surface area contributed by atoms with Crippen molar-refractivity contribution in [3.8, 4) is 0 Å². The van der Waals surface area contributed by atoms with Crippen molar-refractivity contribution in [1.29, 1.82) is 0 Å². The van der Waals surface area contributed by atoms with E-state index in [2.05, 4.69) is 9.47 Å². The molecule has 0 aliphatic carbocycles. The van der Waals surface area contributed by atoms with Crippen molar-refractivity contribution in [3.63, 3.8) is 0 Å². The topological polar surface area (TPSA) is 77.8 Å². The number of ether oxygens (including phenoxy) is 2. The summed E-state index contributed by atoms with van der Waals surface area (Å²) in [5.74, 6) is -0.834. The molecule has 0 bridgehead atoms. The number of hydrogen-bond donors (Lipinski definition) is 1. The molecule has 1 unspecified atom stereocenters. The molecular formula is C9H11NO5. The minimum absolute atomic E-state index is 0.105. The van der Waals surface area contributed by atoms with Gasteiger partial charge in [-0.1, -0.05) is 0 Å². The molecule has 0 aliphatic rings. The molecule has 1 aromatic heterocycles. The summed E-state index contributed by atoms with van der Waals surface area (Å²) in [4.78, 5) is 22.2. The SMILES string of the molecule is COC(=O)C(O)c1cccn1C(=O)OC. The van der Waals surface area contributed by atoms with E-state index in [0.29, 0.717) is 0 Å². The fraction of sp³-hybridized carbons (Fsp3) is 0.333. The average Bonchev–Trinajstić information content (AvgIpc) is 2.74. The number of aliphatic hydroxyl groups is 1. The van der Waals surface area contributed by atoms with Gasteiger partial charge in [-0.15, -0.1) is 0 Å². The molecule has 15 heavy (non-hydrogen) atoms. The van der Waals surface area contributed by atoms with Gasteiger partial charge in [-0.3, -0.25) is 4.57 Å². The zero-order valence-corrected chi connectivity index (χ0v) is 8.34. The standard InChI is InChI=1S/C9H11NO5/c1-14-8(12)7(11)6-4-3-5-10(6)9(13)15-2/h3-5,7,11H,1-2H3. The fourth-order valence-corrected chi connectivity index (χ4v) is 1.11. The predicted octanol–water partition coefficient (Wildman–Crippen LogP) is 0.309. The lowest BCUT2D eigenvalue weighted by Crippen LogP contribution is -2.21. The summed E-state index contributed by atoms with van der Waals surface area (Å²) in [6.07, 6.45) is -0.796. The smallest absolute Gasteiger partial charge is 0.418 e. The molecule has 0 spiro atoms. The highest BCUT2D eigenvalue weighted by Crippen LogP contribution is 2.15. The van der Waals surface area contributed by atoms with Crippen LogP contribution in [0.25, 0.3) is 0 Å². The number of nitrogens with zero attached hydrogens (tertiary/aromatic N) is 1. The van der Waals surface area contributed by atoms with Crippen LogP contribution in [0.15, 0.2) is 18.3 Å². The molecule has 1 rings (SSSR count). The summed E-state index contributed by atoms with van der Waals surface area (Å²) in [6, 6.07) is 2.94. The van der Waals surface area contributed by atoms with Crippen molar-refractivity contribution < 1.29 is 24.2 Å². The van der Waals surface area contributed by atoms with E-state index in [4.69, 9.17) is 0 Å². The van der Waals surface area contributed by atoms with Crippen LogP contribution in [0.5, 0.6) is 0 Å². The Labute approximate surface area is 86.0 Å². The second-order valence-corrected chi connectivity index (χ2v) is 2.70. The van der Waals surface area contributed by atoms with E-state index >= 15 is 0 Å². The fourth-order valence-electron chi connectivity index (χ4n) is 1.11. The van der Waals surface area contributed by atoms with E-state index in [1.54, 1.807) is 0 Å². The predicted molar refractivity (Wildman–Crippen MR) is 49.2 cm³/mol. The van der Waals surface area contributed by atoms with Crippen molar-refractivity contribution >= 4 is 12.1 Å². The zero-order chi connectivity index (χ0) is 11.4. The Hall–Kier alpha value is -1.82. The molecule has 1 aromatic rings. The molecule has 1 N–H and O–H groups in total. The number of carbonyl (C=O) groups excluding carboxylic acids is 2. The third kappa shape index (κ3) is 2.16. The van der Waals surface area contributed by atoms with Gasteiger partial charge in [0.25, 0.3) is 0 Å². The number of rotatable bonds is 2. The van der Waals surface area contributed by atoms with Gasteiger partial charge >= 0.3 is 12.1 Å². The Balaban J connectivity index is 2.99. The third-order valence-electron chi connectivity index (χ3n) is 1.86. The Morgan fingerprint density at radius 2 is 2.07 bits per heavy atom. The van der Waals surface area contributed by atoms with Crippen LogP contribution in [0.3, 0.4) is 0 Å². The summed E-state index contributed by atoms with van der Waals surface area (Å²) >= 11 is 0. The first-order valence-electron chi connectivity index (χ1n) is 4.13. The van der Waals surface area contributed by atoms with Crippen molar-refractivity contribution in [3.05, 3.63) is 24.0 Å². The normalized spacial score (nSPS) is 11.9. The summed E-state index contributed by atoms with van der Waals surface area (Å²) in [5, 5.41) is 9.50.